The summed E-state index contributed by atoms with van der Waals surface area (Å²) in [6, 6.07) is 1.63. The number of aryl methyl sites for hydroxylation is 2. The molecule has 0 N–H and O–H groups in total. The minimum atomic E-state index is -3.00. The van der Waals surface area contributed by atoms with Gasteiger partial charge in [-0.3, -0.25) is 14.8 Å². The lowest BCUT2D eigenvalue weighted by molar-refractivity contribution is -0.386. The minimum Gasteiger partial charge on any atom is -0.472 e. The SMILES string of the molecule is COB(I)SCCCOc1nn(-c2cc(C)nn2C)c(C2CC2(F)F)c1[N+](=O)[O-]. The lowest BCUT2D eigenvalue weighted by Gasteiger charge is -2.05. The first-order valence-corrected chi connectivity index (χ1v) is 11.0. The highest BCUT2D eigenvalue weighted by Gasteiger charge is 2.62. The van der Waals surface area contributed by atoms with E-state index in [4.69, 9.17) is 9.39 Å². The van der Waals surface area contributed by atoms with Gasteiger partial charge in [0.25, 0.3) is 5.92 Å². The quantitative estimate of drug-likeness (QED) is 0.149. The first-order valence-electron chi connectivity index (χ1n) is 8.73. The summed E-state index contributed by atoms with van der Waals surface area (Å²) in [5.41, 5.74) is -0.0263. The highest BCUT2D eigenvalue weighted by Crippen LogP contribution is 2.59. The average molecular weight is 541 g/mol. The lowest BCUT2D eigenvalue weighted by atomic mass is 10.2. The molecule has 0 aliphatic heterocycles. The van der Waals surface area contributed by atoms with E-state index in [1.54, 1.807) is 38.8 Å². The molecule has 0 bridgehead atoms. The van der Waals surface area contributed by atoms with Crippen LogP contribution >= 0.6 is 34.0 Å². The second-order valence-electron chi connectivity index (χ2n) is 6.58. The maximum absolute atomic E-state index is 13.9. The van der Waals surface area contributed by atoms with Gasteiger partial charge in [0.15, 0.2) is 5.82 Å². The van der Waals surface area contributed by atoms with Crippen molar-refractivity contribution in [3.05, 3.63) is 27.6 Å². The van der Waals surface area contributed by atoms with Crippen LogP contribution < -0.4 is 4.74 Å². The Hall–Kier alpha value is -1.42. The van der Waals surface area contributed by atoms with E-state index < -0.39 is 28.9 Å². The molecule has 1 aliphatic rings. The van der Waals surface area contributed by atoms with Gasteiger partial charge in [0, 0.05) is 26.6 Å². The van der Waals surface area contributed by atoms with Crippen molar-refractivity contribution in [1.29, 1.82) is 0 Å². The molecule has 0 aromatic carbocycles. The fourth-order valence-electron chi connectivity index (χ4n) is 2.93. The Balaban J connectivity index is 1.89. The smallest absolute Gasteiger partial charge is 0.434 e. The molecule has 29 heavy (non-hydrogen) atoms. The topological polar surface area (TPSA) is 97.2 Å². The van der Waals surface area contributed by atoms with Gasteiger partial charge in [-0.15, -0.1) is 5.10 Å². The molecule has 14 heteroatoms. The molecule has 0 saturated heterocycles. The molecule has 1 unspecified atom stereocenters. The van der Waals surface area contributed by atoms with Crippen LogP contribution in [0.1, 0.15) is 30.1 Å². The van der Waals surface area contributed by atoms with Crippen LogP contribution in [-0.4, -0.2) is 53.9 Å². The third-order valence-corrected chi connectivity index (χ3v) is 6.92. The number of nitro groups is 1. The van der Waals surface area contributed by atoms with E-state index in [0.717, 1.165) is 0 Å². The van der Waals surface area contributed by atoms with Gasteiger partial charge in [-0.05, 0) is 19.1 Å². The monoisotopic (exact) mass is 541 g/mol. The molecule has 0 spiro atoms. The summed E-state index contributed by atoms with van der Waals surface area (Å²) in [5, 5.41) is 20.1. The van der Waals surface area contributed by atoms with Gasteiger partial charge in [0.1, 0.15) is 5.69 Å². The number of aromatic nitrogens is 4. The Bertz CT molecular complexity index is 912. The maximum Gasteiger partial charge on any atom is 0.434 e. The molecule has 1 aliphatic carbocycles. The van der Waals surface area contributed by atoms with E-state index in [1.807, 2.05) is 0 Å². The first-order chi connectivity index (χ1) is 13.7. The molecule has 0 amide bonds. The Kier molecular flexibility index (Phi) is 6.72. The van der Waals surface area contributed by atoms with E-state index in [0.29, 0.717) is 23.7 Å². The summed E-state index contributed by atoms with van der Waals surface area (Å²) in [4.78, 5) is 11.0. The summed E-state index contributed by atoms with van der Waals surface area (Å²) in [5.74, 6) is -3.46. The highest BCUT2D eigenvalue weighted by atomic mass is 127. The van der Waals surface area contributed by atoms with Crippen molar-refractivity contribution in [2.75, 3.05) is 19.5 Å². The number of ether oxygens (including phenoxy) is 1. The van der Waals surface area contributed by atoms with Gasteiger partial charge in [-0.2, -0.15) is 16.7 Å². The van der Waals surface area contributed by atoms with E-state index in [2.05, 4.69) is 32.6 Å². The molecule has 1 saturated carbocycles. The third kappa shape index (κ3) is 4.85. The summed E-state index contributed by atoms with van der Waals surface area (Å²) in [7, 11) is 3.23. The molecular formula is C15H19BF2IN5O4S. The summed E-state index contributed by atoms with van der Waals surface area (Å²) in [6.07, 6.45) is 0.137. The van der Waals surface area contributed by atoms with Gasteiger partial charge in [0.2, 0.25) is 0 Å². The zero-order valence-electron chi connectivity index (χ0n) is 16.0. The van der Waals surface area contributed by atoms with Crippen LogP contribution in [0, 0.1) is 17.0 Å². The Labute approximate surface area is 183 Å². The van der Waals surface area contributed by atoms with Crippen LogP contribution in [0.2, 0.25) is 0 Å². The van der Waals surface area contributed by atoms with Crippen LogP contribution in [-0.2, 0) is 11.7 Å². The summed E-state index contributed by atoms with van der Waals surface area (Å²) >= 11 is 3.70. The second kappa shape index (κ2) is 8.75. The molecule has 1 atom stereocenters. The molecule has 1 fully saturated rings. The molecule has 2 aromatic heterocycles. The van der Waals surface area contributed by atoms with Crippen molar-refractivity contribution in [2.24, 2.45) is 7.05 Å². The van der Waals surface area contributed by atoms with Crippen LogP contribution in [0.4, 0.5) is 14.5 Å². The van der Waals surface area contributed by atoms with Crippen molar-refractivity contribution >= 4 is 43.7 Å². The van der Waals surface area contributed by atoms with Crippen molar-refractivity contribution in [2.45, 2.75) is 31.6 Å². The molecule has 9 nitrogen and oxygen atoms in total. The molecule has 0 radical (unpaired) electrons. The molecule has 3 rings (SSSR count). The van der Waals surface area contributed by atoms with Crippen LogP contribution in [0.15, 0.2) is 6.07 Å². The van der Waals surface area contributed by atoms with Gasteiger partial charge in [-0.25, -0.2) is 13.5 Å². The standard InChI is InChI=1S/C15H19BF2IN5O4S/c1-9-7-11(22(2)20-9)23-12(10-8-15(10,17)18)13(24(25)26)14(21-23)28-5-4-6-29-16(19)27-3/h7,10H,4-6,8H2,1-3H3. The zero-order chi connectivity index (χ0) is 21.3. The number of hydrogen-bond donors (Lipinski definition) is 0. The number of rotatable bonds is 10. The lowest BCUT2D eigenvalue weighted by Crippen LogP contribution is -2.10. The third-order valence-electron chi connectivity index (χ3n) is 4.36. The Morgan fingerprint density at radius 1 is 1.52 bits per heavy atom. The number of hydrogen-bond acceptors (Lipinski definition) is 7. The van der Waals surface area contributed by atoms with Crippen molar-refractivity contribution in [3.63, 3.8) is 0 Å². The number of alkyl halides is 2. The van der Waals surface area contributed by atoms with Crippen molar-refractivity contribution in [3.8, 4) is 11.7 Å². The predicted molar refractivity (Wildman–Crippen MR) is 113 cm³/mol. The van der Waals surface area contributed by atoms with Gasteiger partial charge >= 0.3 is 15.6 Å². The average Bonchev–Trinajstić information content (AvgIpc) is 2.97. The zero-order valence-corrected chi connectivity index (χ0v) is 18.9. The van der Waals surface area contributed by atoms with E-state index in [9.17, 15) is 18.9 Å². The molecule has 2 aromatic rings. The van der Waals surface area contributed by atoms with E-state index >= 15 is 0 Å². The van der Waals surface area contributed by atoms with Crippen molar-refractivity contribution < 1.29 is 23.1 Å². The highest BCUT2D eigenvalue weighted by molar-refractivity contribution is 14.1. The molecule has 158 valence electrons. The number of halogens is 3. The van der Waals surface area contributed by atoms with E-state index in [-0.39, 0.29) is 22.2 Å². The molecule has 2 heterocycles. The fraction of sp³-hybridized carbons (Fsp3) is 0.600. The van der Waals surface area contributed by atoms with Gasteiger partial charge in [-0.1, -0.05) is 22.4 Å². The van der Waals surface area contributed by atoms with Gasteiger partial charge < -0.3 is 9.39 Å². The summed E-state index contributed by atoms with van der Waals surface area (Å²) in [6.45, 7) is 1.91. The van der Waals surface area contributed by atoms with Crippen LogP contribution in [0.25, 0.3) is 5.82 Å². The normalized spacial score (nSPS) is 17.4. The number of nitrogens with zero attached hydrogens (tertiary/aromatic N) is 5. The second-order valence-corrected chi connectivity index (χ2v) is 9.72. The predicted octanol–water partition coefficient (Wildman–Crippen LogP) is 3.51. The molecular weight excluding hydrogens is 522 g/mol. The Morgan fingerprint density at radius 3 is 2.72 bits per heavy atom. The van der Waals surface area contributed by atoms with Crippen LogP contribution in [0.5, 0.6) is 5.88 Å². The fourth-order valence-corrected chi connectivity index (χ4v) is 4.30. The first kappa shape index (κ1) is 22.3. The van der Waals surface area contributed by atoms with Crippen LogP contribution in [0.3, 0.4) is 0 Å². The van der Waals surface area contributed by atoms with Gasteiger partial charge in [0.05, 0.1) is 23.1 Å². The van der Waals surface area contributed by atoms with E-state index in [1.165, 1.54) is 9.36 Å². The summed E-state index contributed by atoms with van der Waals surface area (Å²) < 4.78 is 41.0. The minimum absolute atomic E-state index is 0.00192. The largest absolute Gasteiger partial charge is 0.472 e. The maximum atomic E-state index is 13.9. The van der Waals surface area contributed by atoms with Crippen molar-refractivity contribution in [1.82, 2.24) is 19.6 Å². The Morgan fingerprint density at radius 2 is 2.21 bits per heavy atom.